The van der Waals surface area contributed by atoms with Crippen molar-refractivity contribution >= 4 is 35.2 Å². The summed E-state index contributed by atoms with van der Waals surface area (Å²) in [5.41, 5.74) is 0.663. The molecule has 1 aromatic carbocycles. The lowest BCUT2D eigenvalue weighted by molar-refractivity contribution is -0.118. The summed E-state index contributed by atoms with van der Waals surface area (Å²) in [6.07, 6.45) is 5.90. The Labute approximate surface area is 140 Å². The van der Waals surface area contributed by atoms with Crippen LogP contribution in [0.3, 0.4) is 0 Å². The minimum atomic E-state index is -0.340. The van der Waals surface area contributed by atoms with Gasteiger partial charge in [0.15, 0.2) is 0 Å². The number of nitrogens with one attached hydrogen (secondary N) is 1. The molecule has 2 rings (SSSR count). The first-order chi connectivity index (χ1) is 10.5. The van der Waals surface area contributed by atoms with Gasteiger partial charge in [-0.15, -0.1) is 0 Å². The maximum atomic E-state index is 12.3. The number of hydrogen-bond donors (Lipinski definition) is 1. The summed E-state index contributed by atoms with van der Waals surface area (Å²) in [7, 11) is 0. The second-order valence-electron chi connectivity index (χ2n) is 5.68. The summed E-state index contributed by atoms with van der Waals surface area (Å²) in [4.78, 5) is 12.3. The number of carbonyl (C=O) groups is 1. The quantitative estimate of drug-likeness (QED) is 0.648. The van der Waals surface area contributed by atoms with Crippen LogP contribution in [0.4, 0.5) is 0 Å². The molecular weight excluding hydrogens is 319 g/mol. The van der Waals surface area contributed by atoms with Crippen molar-refractivity contribution in [1.82, 2.24) is 5.32 Å². The third-order valence-electron chi connectivity index (χ3n) is 4.06. The minimum Gasteiger partial charge on any atom is -0.348 e. The Hall–Kier alpha value is -1.50. The number of carbonyl (C=O) groups excluding carboxylic acids is 1. The largest absolute Gasteiger partial charge is 0.348 e. The van der Waals surface area contributed by atoms with Gasteiger partial charge in [-0.2, -0.15) is 5.26 Å². The van der Waals surface area contributed by atoms with Gasteiger partial charge in [0.1, 0.15) is 11.6 Å². The monoisotopic (exact) mass is 336 g/mol. The fraction of sp³-hybridized carbons (Fsp3) is 0.412. The van der Waals surface area contributed by atoms with Gasteiger partial charge in [0.05, 0.1) is 0 Å². The highest BCUT2D eigenvalue weighted by molar-refractivity contribution is 6.35. The molecule has 2 atom stereocenters. The minimum absolute atomic E-state index is 0.0574. The molecule has 0 bridgehead atoms. The highest BCUT2D eigenvalue weighted by Gasteiger charge is 2.24. The second-order valence-corrected chi connectivity index (χ2v) is 6.52. The fourth-order valence-corrected chi connectivity index (χ4v) is 3.16. The molecule has 0 radical (unpaired) electrons. The van der Waals surface area contributed by atoms with E-state index < -0.39 is 0 Å². The zero-order chi connectivity index (χ0) is 16.1. The normalized spacial score (nSPS) is 22.0. The molecule has 1 aliphatic rings. The summed E-state index contributed by atoms with van der Waals surface area (Å²) < 4.78 is 0. The Morgan fingerprint density at radius 2 is 2.09 bits per heavy atom. The van der Waals surface area contributed by atoms with Crippen LogP contribution in [-0.2, 0) is 4.79 Å². The van der Waals surface area contributed by atoms with Crippen LogP contribution in [0, 0.1) is 17.2 Å². The third kappa shape index (κ3) is 4.25. The van der Waals surface area contributed by atoms with Crippen LogP contribution in [0.25, 0.3) is 6.08 Å². The zero-order valence-corrected chi connectivity index (χ0v) is 13.9. The molecule has 116 valence electrons. The fourth-order valence-electron chi connectivity index (χ4n) is 2.70. The molecule has 5 heteroatoms. The van der Waals surface area contributed by atoms with Crippen LogP contribution < -0.4 is 5.32 Å². The van der Waals surface area contributed by atoms with Crippen molar-refractivity contribution in [3.8, 4) is 6.07 Å². The second kappa shape index (κ2) is 7.67. The van der Waals surface area contributed by atoms with Gasteiger partial charge in [0.2, 0.25) is 0 Å². The molecule has 1 N–H and O–H groups in total. The van der Waals surface area contributed by atoms with E-state index in [1.807, 2.05) is 6.07 Å². The van der Waals surface area contributed by atoms with Crippen molar-refractivity contribution in [3.63, 3.8) is 0 Å². The molecule has 0 aromatic heterocycles. The number of amides is 1. The average Bonchev–Trinajstić information content (AvgIpc) is 2.49. The summed E-state index contributed by atoms with van der Waals surface area (Å²) >= 11 is 11.9. The smallest absolute Gasteiger partial charge is 0.262 e. The molecule has 1 saturated carbocycles. The van der Waals surface area contributed by atoms with Crippen molar-refractivity contribution in [3.05, 3.63) is 39.4 Å². The highest BCUT2D eigenvalue weighted by Crippen LogP contribution is 2.25. The molecule has 0 aliphatic heterocycles. The van der Waals surface area contributed by atoms with Crippen LogP contribution in [0.15, 0.2) is 23.8 Å². The Kier molecular flexibility index (Phi) is 5.88. The Morgan fingerprint density at radius 1 is 1.36 bits per heavy atom. The first-order valence-electron chi connectivity index (χ1n) is 7.39. The summed E-state index contributed by atoms with van der Waals surface area (Å²) in [5.74, 6) is 0.101. The first kappa shape index (κ1) is 16.9. The SMILES string of the molecule is CC1CCCCC1NC(=O)/C(C#N)=C/c1ccc(Cl)cc1Cl. The van der Waals surface area contributed by atoms with Gasteiger partial charge in [0, 0.05) is 16.1 Å². The highest BCUT2D eigenvalue weighted by atomic mass is 35.5. The predicted molar refractivity (Wildman–Crippen MR) is 89.6 cm³/mol. The molecule has 0 saturated heterocycles. The van der Waals surface area contributed by atoms with E-state index in [9.17, 15) is 10.1 Å². The van der Waals surface area contributed by atoms with Crippen molar-refractivity contribution in [2.75, 3.05) is 0 Å². The van der Waals surface area contributed by atoms with Gasteiger partial charge in [-0.25, -0.2) is 0 Å². The lowest BCUT2D eigenvalue weighted by Crippen LogP contribution is -2.41. The van der Waals surface area contributed by atoms with Crippen LogP contribution in [0.2, 0.25) is 10.0 Å². The van der Waals surface area contributed by atoms with E-state index in [0.717, 1.165) is 19.3 Å². The molecule has 1 fully saturated rings. The van der Waals surface area contributed by atoms with E-state index in [0.29, 0.717) is 21.5 Å². The molecule has 0 spiro atoms. The Bertz CT molecular complexity index is 634. The van der Waals surface area contributed by atoms with Crippen molar-refractivity contribution in [1.29, 1.82) is 5.26 Å². The molecule has 3 nitrogen and oxygen atoms in total. The average molecular weight is 337 g/mol. The zero-order valence-electron chi connectivity index (χ0n) is 12.4. The maximum Gasteiger partial charge on any atom is 0.262 e. The van der Waals surface area contributed by atoms with E-state index in [4.69, 9.17) is 23.2 Å². The summed E-state index contributed by atoms with van der Waals surface area (Å²) in [6.45, 7) is 2.13. The summed E-state index contributed by atoms with van der Waals surface area (Å²) in [5, 5.41) is 13.2. The molecule has 2 unspecified atom stereocenters. The molecular formula is C17H18Cl2N2O. The number of hydrogen-bond acceptors (Lipinski definition) is 2. The van der Waals surface area contributed by atoms with Crippen molar-refractivity contribution in [2.24, 2.45) is 5.92 Å². The van der Waals surface area contributed by atoms with Gasteiger partial charge in [-0.1, -0.05) is 49.0 Å². The van der Waals surface area contributed by atoms with Crippen LogP contribution in [0.5, 0.6) is 0 Å². The Morgan fingerprint density at radius 3 is 2.73 bits per heavy atom. The van der Waals surface area contributed by atoms with Crippen molar-refractivity contribution < 1.29 is 4.79 Å². The number of nitriles is 1. The van der Waals surface area contributed by atoms with E-state index in [1.165, 1.54) is 12.5 Å². The van der Waals surface area contributed by atoms with Gasteiger partial charge in [-0.05, 0) is 42.5 Å². The molecule has 1 amide bonds. The molecule has 1 aliphatic carbocycles. The van der Waals surface area contributed by atoms with Crippen LogP contribution >= 0.6 is 23.2 Å². The van der Waals surface area contributed by atoms with Gasteiger partial charge in [-0.3, -0.25) is 4.79 Å². The van der Waals surface area contributed by atoms with E-state index >= 15 is 0 Å². The number of halogens is 2. The standard InChI is InChI=1S/C17H18Cl2N2O/c1-11-4-2-3-5-16(11)21-17(22)13(10-20)8-12-6-7-14(18)9-15(12)19/h6-9,11,16H,2-5H2,1H3,(H,21,22)/b13-8+. The number of rotatable bonds is 3. The van der Waals surface area contributed by atoms with Gasteiger partial charge in [0.25, 0.3) is 5.91 Å². The third-order valence-corrected chi connectivity index (χ3v) is 4.62. The van der Waals surface area contributed by atoms with Gasteiger partial charge < -0.3 is 5.32 Å². The van der Waals surface area contributed by atoms with E-state index in [2.05, 4.69) is 12.2 Å². The predicted octanol–water partition coefficient (Wildman–Crippen LogP) is 4.60. The topological polar surface area (TPSA) is 52.9 Å². The number of benzene rings is 1. The maximum absolute atomic E-state index is 12.3. The molecule has 22 heavy (non-hydrogen) atoms. The lowest BCUT2D eigenvalue weighted by atomic mass is 9.86. The molecule has 0 heterocycles. The van der Waals surface area contributed by atoms with E-state index in [1.54, 1.807) is 18.2 Å². The van der Waals surface area contributed by atoms with Gasteiger partial charge >= 0.3 is 0 Å². The summed E-state index contributed by atoms with van der Waals surface area (Å²) in [6, 6.07) is 7.05. The van der Waals surface area contributed by atoms with Crippen LogP contribution in [0.1, 0.15) is 38.2 Å². The van der Waals surface area contributed by atoms with E-state index in [-0.39, 0.29) is 17.5 Å². The number of nitrogens with zero attached hydrogens (tertiary/aromatic N) is 1. The first-order valence-corrected chi connectivity index (χ1v) is 8.14. The molecule has 1 aromatic rings. The lowest BCUT2D eigenvalue weighted by Gasteiger charge is -2.29. The van der Waals surface area contributed by atoms with Crippen molar-refractivity contribution in [2.45, 2.75) is 38.6 Å². The Balaban J connectivity index is 2.15. The van der Waals surface area contributed by atoms with Crippen LogP contribution in [-0.4, -0.2) is 11.9 Å².